The van der Waals surface area contributed by atoms with Crippen molar-refractivity contribution in [3.63, 3.8) is 0 Å². The van der Waals surface area contributed by atoms with Gasteiger partial charge in [-0.15, -0.1) is 0 Å². The highest BCUT2D eigenvalue weighted by atomic mass is 32.2. The number of hydrogen-bond acceptors (Lipinski definition) is 3. The Labute approximate surface area is 162 Å². The fourth-order valence-corrected chi connectivity index (χ4v) is 5.17. The standard InChI is InChI=1S/C20H22F3NO3S/c1-10-11(2)19(12(3)14-8-20(4,5)27-18(10)14)28(25,26)24-9-13-6-7-15(21)17(23)16(13)22/h6-7,24H,8-9H2,1-5H3. The number of nitrogens with one attached hydrogen (secondary N) is 1. The van der Waals surface area contributed by atoms with E-state index >= 15 is 0 Å². The molecule has 1 aliphatic rings. The first-order valence-electron chi connectivity index (χ1n) is 8.79. The smallest absolute Gasteiger partial charge is 0.241 e. The van der Waals surface area contributed by atoms with Crippen LogP contribution in [0.3, 0.4) is 0 Å². The molecule has 1 aliphatic heterocycles. The molecule has 0 aliphatic carbocycles. The Balaban J connectivity index is 2.00. The van der Waals surface area contributed by atoms with E-state index in [-0.39, 0.29) is 10.5 Å². The van der Waals surface area contributed by atoms with E-state index in [9.17, 15) is 21.6 Å². The van der Waals surface area contributed by atoms with Gasteiger partial charge in [0, 0.05) is 24.1 Å². The fourth-order valence-electron chi connectivity index (χ4n) is 3.60. The molecule has 2 aromatic carbocycles. The molecule has 0 unspecified atom stereocenters. The number of rotatable bonds is 4. The molecule has 8 heteroatoms. The van der Waals surface area contributed by atoms with Crippen molar-refractivity contribution in [1.82, 2.24) is 4.72 Å². The summed E-state index contributed by atoms with van der Waals surface area (Å²) in [6, 6.07) is 1.78. The van der Waals surface area contributed by atoms with Crippen molar-refractivity contribution < 1.29 is 26.3 Å². The highest BCUT2D eigenvalue weighted by Crippen LogP contribution is 2.43. The topological polar surface area (TPSA) is 55.4 Å². The predicted molar refractivity (Wildman–Crippen MR) is 99.4 cm³/mol. The van der Waals surface area contributed by atoms with Crippen LogP contribution in [0.15, 0.2) is 17.0 Å². The van der Waals surface area contributed by atoms with Crippen molar-refractivity contribution in [2.75, 3.05) is 0 Å². The molecule has 0 bridgehead atoms. The number of fused-ring (bicyclic) bond motifs is 1. The van der Waals surface area contributed by atoms with Gasteiger partial charge < -0.3 is 4.74 Å². The second-order valence-electron chi connectivity index (χ2n) is 7.71. The zero-order chi connectivity index (χ0) is 21.0. The first-order chi connectivity index (χ1) is 12.9. The van der Waals surface area contributed by atoms with Gasteiger partial charge in [0.1, 0.15) is 11.4 Å². The molecule has 0 atom stereocenters. The van der Waals surface area contributed by atoms with Crippen molar-refractivity contribution in [2.24, 2.45) is 0 Å². The van der Waals surface area contributed by atoms with Crippen LogP contribution in [0, 0.1) is 38.2 Å². The molecule has 3 rings (SSSR count). The summed E-state index contributed by atoms with van der Waals surface area (Å²) < 4.78 is 74.6. The van der Waals surface area contributed by atoms with Crippen LogP contribution >= 0.6 is 0 Å². The van der Waals surface area contributed by atoms with Crippen LogP contribution in [0.2, 0.25) is 0 Å². The molecule has 0 amide bonds. The number of ether oxygens (including phenoxy) is 1. The third-order valence-corrected chi connectivity index (χ3v) is 6.80. The van der Waals surface area contributed by atoms with Gasteiger partial charge in [-0.05, 0) is 57.4 Å². The van der Waals surface area contributed by atoms with E-state index < -0.39 is 39.6 Å². The molecule has 0 saturated carbocycles. The van der Waals surface area contributed by atoms with Crippen molar-refractivity contribution in [2.45, 2.75) is 58.1 Å². The van der Waals surface area contributed by atoms with Gasteiger partial charge in [-0.25, -0.2) is 26.3 Å². The molecule has 152 valence electrons. The second kappa shape index (κ2) is 6.77. The summed E-state index contributed by atoms with van der Waals surface area (Å²) in [4.78, 5) is 0.105. The summed E-state index contributed by atoms with van der Waals surface area (Å²) in [6.45, 7) is 8.55. The highest BCUT2D eigenvalue weighted by Gasteiger charge is 2.36. The maximum Gasteiger partial charge on any atom is 0.241 e. The van der Waals surface area contributed by atoms with Crippen molar-refractivity contribution in [1.29, 1.82) is 0 Å². The van der Waals surface area contributed by atoms with E-state index in [1.807, 2.05) is 13.8 Å². The Kier molecular flexibility index (Phi) is 5.00. The Morgan fingerprint density at radius 2 is 1.68 bits per heavy atom. The molecule has 0 saturated heterocycles. The average molecular weight is 413 g/mol. The van der Waals surface area contributed by atoms with Crippen molar-refractivity contribution >= 4 is 10.0 Å². The Morgan fingerprint density at radius 1 is 1.04 bits per heavy atom. The van der Waals surface area contributed by atoms with Gasteiger partial charge in [0.05, 0.1) is 4.90 Å². The molecular formula is C20H22F3NO3S. The molecule has 4 nitrogen and oxygen atoms in total. The van der Waals surface area contributed by atoms with Crippen LogP contribution < -0.4 is 9.46 Å². The minimum absolute atomic E-state index is 0.105. The van der Waals surface area contributed by atoms with Gasteiger partial charge in [0.15, 0.2) is 17.5 Å². The van der Waals surface area contributed by atoms with E-state index in [1.54, 1.807) is 20.8 Å². The average Bonchev–Trinajstić information content (AvgIpc) is 2.93. The Bertz CT molecular complexity index is 1080. The third-order valence-electron chi connectivity index (χ3n) is 5.13. The van der Waals surface area contributed by atoms with Crippen LogP contribution in [0.25, 0.3) is 0 Å². The minimum Gasteiger partial charge on any atom is -0.487 e. The van der Waals surface area contributed by atoms with Crippen LogP contribution in [0.1, 0.15) is 41.7 Å². The van der Waals surface area contributed by atoms with Gasteiger partial charge in [-0.3, -0.25) is 0 Å². The van der Waals surface area contributed by atoms with Gasteiger partial charge in [0.25, 0.3) is 0 Å². The lowest BCUT2D eigenvalue weighted by atomic mass is 9.94. The van der Waals surface area contributed by atoms with Crippen molar-refractivity contribution in [3.8, 4) is 5.75 Å². The van der Waals surface area contributed by atoms with Gasteiger partial charge in [0.2, 0.25) is 10.0 Å². The molecule has 2 aromatic rings. The van der Waals surface area contributed by atoms with Crippen LogP contribution in [-0.2, 0) is 23.0 Å². The molecular weight excluding hydrogens is 391 g/mol. The Hall–Kier alpha value is -2.06. The summed E-state index contributed by atoms with van der Waals surface area (Å²) in [5.41, 5.74) is 1.95. The summed E-state index contributed by atoms with van der Waals surface area (Å²) in [7, 11) is -4.03. The van der Waals surface area contributed by atoms with E-state index in [0.717, 1.165) is 23.3 Å². The van der Waals surface area contributed by atoms with Gasteiger partial charge in [-0.1, -0.05) is 6.07 Å². The zero-order valence-electron chi connectivity index (χ0n) is 16.3. The quantitative estimate of drug-likeness (QED) is 0.764. The molecule has 28 heavy (non-hydrogen) atoms. The summed E-state index contributed by atoms with van der Waals surface area (Å²) in [6.07, 6.45) is 0.565. The molecule has 0 spiro atoms. The fraction of sp³-hybridized carbons (Fsp3) is 0.400. The summed E-state index contributed by atoms with van der Waals surface area (Å²) in [5, 5.41) is 0. The third kappa shape index (κ3) is 3.39. The van der Waals surface area contributed by atoms with Crippen LogP contribution in [0.5, 0.6) is 5.75 Å². The first kappa shape index (κ1) is 20.7. The summed E-state index contributed by atoms with van der Waals surface area (Å²) in [5.74, 6) is -3.66. The molecule has 1 N–H and O–H groups in total. The number of hydrogen-bond donors (Lipinski definition) is 1. The van der Waals surface area contributed by atoms with Crippen LogP contribution in [0.4, 0.5) is 13.2 Å². The number of sulfonamides is 1. The predicted octanol–water partition coefficient (Wildman–Crippen LogP) is 4.22. The lowest BCUT2D eigenvalue weighted by molar-refractivity contribution is 0.137. The lowest BCUT2D eigenvalue weighted by Gasteiger charge is -2.19. The number of halogens is 3. The van der Waals surface area contributed by atoms with E-state index in [0.29, 0.717) is 23.3 Å². The van der Waals surface area contributed by atoms with Crippen LogP contribution in [-0.4, -0.2) is 14.0 Å². The molecule has 0 radical (unpaired) electrons. The van der Waals surface area contributed by atoms with E-state index in [2.05, 4.69) is 4.72 Å². The maximum absolute atomic E-state index is 13.9. The van der Waals surface area contributed by atoms with Crippen molar-refractivity contribution in [3.05, 3.63) is 57.4 Å². The molecule has 0 aromatic heterocycles. The summed E-state index contributed by atoms with van der Waals surface area (Å²) >= 11 is 0. The molecule has 0 fully saturated rings. The Morgan fingerprint density at radius 3 is 2.32 bits per heavy atom. The van der Waals surface area contributed by atoms with E-state index in [4.69, 9.17) is 4.74 Å². The lowest BCUT2D eigenvalue weighted by Crippen LogP contribution is -2.26. The maximum atomic E-state index is 13.9. The van der Waals surface area contributed by atoms with Gasteiger partial charge >= 0.3 is 0 Å². The molecule has 1 heterocycles. The first-order valence-corrected chi connectivity index (χ1v) is 10.3. The second-order valence-corrected chi connectivity index (χ2v) is 9.41. The normalized spacial score (nSPS) is 15.4. The number of benzene rings is 2. The zero-order valence-corrected chi connectivity index (χ0v) is 17.2. The minimum atomic E-state index is -4.03. The SMILES string of the molecule is Cc1c(C)c(S(=O)(=O)NCc2ccc(F)c(F)c2F)c(C)c2c1OC(C)(C)C2. The van der Waals surface area contributed by atoms with E-state index in [1.165, 1.54) is 0 Å². The highest BCUT2D eigenvalue weighted by molar-refractivity contribution is 7.89. The van der Waals surface area contributed by atoms with Gasteiger partial charge in [-0.2, -0.15) is 0 Å². The monoisotopic (exact) mass is 413 g/mol. The largest absolute Gasteiger partial charge is 0.487 e.